The number of carbonyl (C=O) groups excluding carboxylic acids is 2. The van der Waals surface area contributed by atoms with Crippen LogP contribution in [0.15, 0.2) is 36.0 Å². The zero-order valence-corrected chi connectivity index (χ0v) is 14.6. The molecule has 0 radical (unpaired) electrons. The Bertz CT molecular complexity index is 723. The highest BCUT2D eigenvalue weighted by molar-refractivity contribution is 5.91. The van der Waals surface area contributed by atoms with Crippen LogP contribution in [0.3, 0.4) is 0 Å². The van der Waals surface area contributed by atoms with E-state index in [9.17, 15) is 14.7 Å². The van der Waals surface area contributed by atoms with E-state index in [1.54, 1.807) is 6.92 Å². The third-order valence-electron chi connectivity index (χ3n) is 5.61. The molecule has 5 rings (SSSR count). The molecule has 0 amide bonds. The maximum atomic E-state index is 12.2. The summed E-state index contributed by atoms with van der Waals surface area (Å²) in [6.45, 7) is 9.24. The van der Waals surface area contributed by atoms with E-state index in [0.29, 0.717) is 0 Å². The Hall–Kier alpha value is -1.96. The van der Waals surface area contributed by atoms with Crippen LogP contribution >= 0.6 is 0 Å². The monoisotopic (exact) mass is 362 g/mol. The molecule has 2 unspecified atom stereocenters. The average Bonchev–Trinajstić information content (AvgIpc) is 3.20. The lowest BCUT2D eigenvalue weighted by atomic mass is 9.81. The average molecular weight is 362 g/mol. The van der Waals surface area contributed by atoms with Crippen LogP contribution < -0.4 is 0 Å². The van der Waals surface area contributed by atoms with E-state index in [4.69, 9.17) is 18.9 Å². The molecule has 0 aromatic rings. The van der Waals surface area contributed by atoms with Gasteiger partial charge in [-0.3, -0.25) is 0 Å². The summed E-state index contributed by atoms with van der Waals surface area (Å²) in [5.41, 5.74) is 0.475. The van der Waals surface area contributed by atoms with Gasteiger partial charge in [-0.25, -0.2) is 9.59 Å². The number of epoxide rings is 1. The van der Waals surface area contributed by atoms with Gasteiger partial charge in [-0.2, -0.15) is 0 Å². The van der Waals surface area contributed by atoms with Gasteiger partial charge in [-0.05, 0) is 31.4 Å². The fraction of sp³-hybridized carbons (Fsp3) is 0.579. The number of aliphatic hydroxyl groups is 1. The van der Waals surface area contributed by atoms with Crippen molar-refractivity contribution in [2.45, 2.75) is 56.4 Å². The van der Waals surface area contributed by atoms with Crippen molar-refractivity contribution < 1.29 is 33.6 Å². The Morgan fingerprint density at radius 1 is 1.46 bits per heavy atom. The highest BCUT2D eigenvalue weighted by atomic mass is 16.7. The van der Waals surface area contributed by atoms with Crippen molar-refractivity contribution in [3.05, 3.63) is 36.0 Å². The minimum absolute atomic E-state index is 0.185. The van der Waals surface area contributed by atoms with Gasteiger partial charge in [0.05, 0.1) is 18.6 Å². The number of rotatable bonds is 2. The summed E-state index contributed by atoms with van der Waals surface area (Å²) in [6.07, 6.45) is 0.815. The molecule has 26 heavy (non-hydrogen) atoms. The largest absolute Gasteiger partial charge is 0.458 e. The third-order valence-corrected chi connectivity index (χ3v) is 5.61. The van der Waals surface area contributed by atoms with Crippen molar-refractivity contribution in [1.29, 1.82) is 0 Å². The quantitative estimate of drug-likeness (QED) is 0.341. The molecule has 4 heterocycles. The van der Waals surface area contributed by atoms with E-state index < -0.39 is 42.0 Å². The molecule has 0 saturated carbocycles. The summed E-state index contributed by atoms with van der Waals surface area (Å²) >= 11 is 0. The predicted octanol–water partition coefficient (Wildman–Crippen LogP) is 1.17. The zero-order valence-electron chi connectivity index (χ0n) is 14.6. The van der Waals surface area contributed by atoms with E-state index in [1.165, 1.54) is 0 Å². The highest BCUT2D eigenvalue weighted by Crippen LogP contribution is 2.51. The van der Waals surface area contributed by atoms with Crippen LogP contribution in [0.4, 0.5) is 0 Å². The lowest BCUT2D eigenvalue weighted by molar-refractivity contribution is -0.163. The molecule has 3 saturated heterocycles. The van der Waals surface area contributed by atoms with Crippen molar-refractivity contribution in [2.75, 3.05) is 6.61 Å². The summed E-state index contributed by atoms with van der Waals surface area (Å²) in [7, 11) is 0. The van der Waals surface area contributed by atoms with Crippen LogP contribution in [0.5, 0.6) is 0 Å². The maximum absolute atomic E-state index is 12.2. The summed E-state index contributed by atoms with van der Waals surface area (Å²) in [4.78, 5) is 24.3. The molecule has 2 bridgehead atoms. The zero-order chi connectivity index (χ0) is 18.6. The first-order valence-corrected chi connectivity index (χ1v) is 8.75. The number of hydrogen-bond acceptors (Lipinski definition) is 7. The van der Waals surface area contributed by atoms with Crippen LogP contribution in [0.25, 0.3) is 0 Å². The fourth-order valence-electron chi connectivity index (χ4n) is 4.09. The first-order valence-electron chi connectivity index (χ1n) is 8.75. The molecular weight excluding hydrogens is 340 g/mol. The molecule has 6 atom stereocenters. The molecule has 4 aliphatic heterocycles. The second-order valence-corrected chi connectivity index (χ2v) is 7.44. The fourth-order valence-corrected chi connectivity index (χ4v) is 4.09. The molecule has 7 nitrogen and oxygen atoms in total. The lowest BCUT2D eigenvalue weighted by Crippen LogP contribution is -2.45. The van der Waals surface area contributed by atoms with E-state index in [0.717, 1.165) is 18.4 Å². The van der Waals surface area contributed by atoms with Gasteiger partial charge in [-0.1, -0.05) is 13.2 Å². The van der Waals surface area contributed by atoms with Gasteiger partial charge in [-0.15, -0.1) is 0 Å². The van der Waals surface area contributed by atoms with Gasteiger partial charge >= 0.3 is 11.9 Å². The molecule has 1 aliphatic carbocycles. The minimum Gasteiger partial charge on any atom is -0.458 e. The van der Waals surface area contributed by atoms with E-state index >= 15 is 0 Å². The number of ether oxygens (including phenoxy) is 4. The van der Waals surface area contributed by atoms with Crippen molar-refractivity contribution in [3.63, 3.8) is 0 Å². The maximum Gasteiger partial charge on any atom is 0.334 e. The van der Waals surface area contributed by atoms with Crippen LogP contribution in [0, 0.1) is 5.92 Å². The summed E-state index contributed by atoms with van der Waals surface area (Å²) in [5, 5.41) is 10.5. The smallest absolute Gasteiger partial charge is 0.334 e. The first-order chi connectivity index (χ1) is 12.3. The first kappa shape index (κ1) is 17.5. The molecule has 3 fully saturated rings. The van der Waals surface area contributed by atoms with Crippen LogP contribution in [0.1, 0.15) is 26.2 Å². The molecule has 140 valence electrons. The number of fused-ring (bicyclic) bond motifs is 4. The van der Waals surface area contributed by atoms with Gasteiger partial charge in [0, 0.05) is 17.6 Å². The summed E-state index contributed by atoms with van der Waals surface area (Å²) in [6, 6.07) is 0. The van der Waals surface area contributed by atoms with Gasteiger partial charge in [0.2, 0.25) is 0 Å². The van der Waals surface area contributed by atoms with Crippen molar-refractivity contribution in [2.24, 2.45) is 5.92 Å². The SMILES string of the molecule is C=C(C)C(=O)O[C@H]1C[C@@]23OC2CC/C(=C\[C@H]2OC(=O)C(=C)C12)CO[C@H]3O. The lowest BCUT2D eigenvalue weighted by Gasteiger charge is -2.33. The Kier molecular flexibility index (Phi) is 4.06. The number of aliphatic hydroxyl groups excluding tert-OH is 1. The van der Waals surface area contributed by atoms with Gasteiger partial charge < -0.3 is 24.1 Å². The Labute approximate surface area is 151 Å². The summed E-state index contributed by atoms with van der Waals surface area (Å²) in [5.74, 6) is -1.61. The number of esters is 2. The van der Waals surface area contributed by atoms with Gasteiger partial charge in [0.15, 0.2) is 6.29 Å². The van der Waals surface area contributed by atoms with E-state index in [-0.39, 0.29) is 30.3 Å². The standard InChI is InChI=1S/C19H22O7/c1-9(2)16(20)25-13-7-19-14(26-19)5-4-11(8-23-18(19)22)6-12-15(13)10(3)17(21)24-12/h6,12-15,18,22H,1,3-5,7-8H2,2H3/b11-6+/t12-,13+,14?,15?,18-,19-/m1/s1. The second kappa shape index (κ2) is 6.04. The van der Waals surface area contributed by atoms with Crippen molar-refractivity contribution in [1.82, 2.24) is 0 Å². The molecule has 0 aromatic heterocycles. The summed E-state index contributed by atoms with van der Waals surface area (Å²) < 4.78 is 22.5. The van der Waals surface area contributed by atoms with Crippen LogP contribution in [-0.4, -0.2) is 53.9 Å². The molecule has 7 heteroatoms. The number of hydrogen-bond donors (Lipinski definition) is 1. The van der Waals surface area contributed by atoms with Gasteiger partial charge in [0.1, 0.15) is 17.8 Å². The second-order valence-electron chi connectivity index (χ2n) is 7.44. The van der Waals surface area contributed by atoms with E-state index in [1.807, 2.05) is 6.08 Å². The molecule has 1 N–H and O–H groups in total. The molecular formula is C19H22O7. The van der Waals surface area contributed by atoms with E-state index in [2.05, 4.69) is 13.2 Å². The van der Waals surface area contributed by atoms with Crippen LogP contribution in [0.2, 0.25) is 0 Å². The van der Waals surface area contributed by atoms with Crippen LogP contribution in [-0.2, 0) is 28.5 Å². The minimum atomic E-state index is -1.13. The number of carbonyl (C=O) groups is 2. The Morgan fingerprint density at radius 2 is 2.23 bits per heavy atom. The Balaban J connectivity index is 1.76. The molecule has 5 aliphatic rings. The Morgan fingerprint density at radius 3 is 2.96 bits per heavy atom. The molecule has 0 aromatic carbocycles. The van der Waals surface area contributed by atoms with Crippen molar-refractivity contribution >= 4 is 11.9 Å². The highest BCUT2D eigenvalue weighted by Gasteiger charge is 2.65. The van der Waals surface area contributed by atoms with Gasteiger partial charge in [0.25, 0.3) is 0 Å². The molecule has 1 spiro atoms. The van der Waals surface area contributed by atoms with Crippen molar-refractivity contribution in [3.8, 4) is 0 Å². The topological polar surface area (TPSA) is 94.6 Å². The predicted molar refractivity (Wildman–Crippen MR) is 88.7 cm³/mol. The normalized spacial score (nSPS) is 43.3. The third kappa shape index (κ3) is 2.71.